The van der Waals surface area contributed by atoms with Gasteiger partial charge in [-0.25, -0.2) is 0 Å². The lowest BCUT2D eigenvalue weighted by atomic mass is 10.0. The molecule has 0 radical (unpaired) electrons. The number of carbonyl (C=O) groups excluding carboxylic acids is 2. The third-order valence-corrected chi connectivity index (χ3v) is 3.07. The van der Waals surface area contributed by atoms with E-state index in [0.29, 0.717) is 11.1 Å². The van der Waals surface area contributed by atoms with Crippen molar-refractivity contribution in [1.82, 2.24) is 0 Å². The Balaban J connectivity index is 2.27. The van der Waals surface area contributed by atoms with E-state index in [0.717, 1.165) is 3.57 Å². The fourth-order valence-corrected chi connectivity index (χ4v) is 1.81. The summed E-state index contributed by atoms with van der Waals surface area (Å²) < 4.78 is 1.03. The van der Waals surface area contributed by atoms with Gasteiger partial charge in [-0.1, -0.05) is 30.3 Å². The Morgan fingerprint density at radius 2 is 1.18 bits per heavy atom. The summed E-state index contributed by atoms with van der Waals surface area (Å²) in [6, 6.07) is 15.6. The molecule has 2 rings (SSSR count). The van der Waals surface area contributed by atoms with Gasteiger partial charge in [0.25, 0.3) is 0 Å². The molecular formula is C14H9IO2. The van der Waals surface area contributed by atoms with Gasteiger partial charge in [-0.05, 0) is 46.9 Å². The zero-order valence-electron chi connectivity index (χ0n) is 8.89. The lowest BCUT2D eigenvalue weighted by molar-refractivity contribution is 0.0817. The van der Waals surface area contributed by atoms with Gasteiger partial charge in [0.05, 0.1) is 0 Å². The number of ketones is 2. The van der Waals surface area contributed by atoms with Crippen molar-refractivity contribution in [2.75, 3.05) is 0 Å². The molecular weight excluding hydrogens is 327 g/mol. The van der Waals surface area contributed by atoms with Crippen LogP contribution >= 0.6 is 22.6 Å². The monoisotopic (exact) mass is 336 g/mol. The van der Waals surface area contributed by atoms with Crippen molar-refractivity contribution in [3.05, 3.63) is 69.3 Å². The Labute approximate surface area is 113 Å². The zero-order valence-corrected chi connectivity index (χ0v) is 11.0. The molecule has 84 valence electrons. The molecule has 0 saturated heterocycles. The van der Waals surface area contributed by atoms with Gasteiger partial charge >= 0.3 is 0 Å². The van der Waals surface area contributed by atoms with Crippen molar-refractivity contribution in [2.45, 2.75) is 0 Å². The summed E-state index contributed by atoms with van der Waals surface area (Å²) in [5.41, 5.74) is 0.857. The topological polar surface area (TPSA) is 34.1 Å². The fourth-order valence-electron chi connectivity index (χ4n) is 1.45. The number of rotatable bonds is 3. The van der Waals surface area contributed by atoms with E-state index in [4.69, 9.17) is 0 Å². The highest BCUT2D eigenvalue weighted by atomic mass is 127. The average molecular weight is 336 g/mol. The van der Waals surface area contributed by atoms with E-state index in [1.54, 1.807) is 36.4 Å². The summed E-state index contributed by atoms with van der Waals surface area (Å²) in [6.07, 6.45) is 0. The Kier molecular flexibility index (Phi) is 3.68. The third-order valence-electron chi connectivity index (χ3n) is 2.35. The van der Waals surface area contributed by atoms with Crippen LogP contribution in [0.4, 0.5) is 0 Å². The highest BCUT2D eigenvalue weighted by molar-refractivity contribution is 14.1. The van der Waals surface area contributed by atoms with Gasteiger partial charge in [-0.3, -0.25) is 9.59 Å². The third kappa shape index (κ3) is 2.79. The number of carbonyl (C=O) groups is 2. The molecule has 17 heavy (non-hydrogen) atoms. The van der Waals surface area contributed by atoms with E-state index in [1.807, 2.05) is 18.2 Å². The molecule has 0 fully saturated rings. The van der Waals surface area contributed by atoms with Crippen molar-refractivity contribution in [3.8, 4) is 0 Å². The Morgan fingerprint density at radius 1 is 0.706 bits per heavy atom. The van der Waals surface area contributed by atoms with Crippen LogP contribution in [0.2, 0.25) is 0 Å². The minimum absolute atomic E-state index is 0.427. The summed E-state index contributed by atoms with van der Waals surface area (Å²) in [5.74, 6) is -0.931. The summed E-state index contributed by atoms with van der Waals surface area (Å²) in [6.45, 7) is 0. The Hall–Kier alpha value is -1.49. The SMILES string of the molecule is O=C(C(=O)c1ccc(I)cc1)c1ccccc1. The largest absolute Gasteiger partial charge is 0.285 e. The normalized spacial score (nSPS) is 9.94. The van der Waals surface area contributed by atoms with Crippen LogP contribution in [0, 0.1) is 3.57 Å². The van der Waals surface area contributed by atoms with Gasteiger partial charge in [-0.2, -0.15) is 0 Å². The highest BCUT2D eigenvalue weighted by Crippen LogP contribution is 2.10. The lowest BCUT2D eigenvalue weighted by Gasteiger charge is -2.00. The predicted molar refractivity (Wildman–Crippen MR) is 74.3 cm³/mol. The van der Waals surface area contributed by atoms with Crippen molar-refractivity contribution in [2.24, 2.45) is 0 Å². The minimum atomic E-state index is -0.466. The van der Waals surface area contributed by atoms with Crippen LogP contribution in [0.3, 0.4) is 0 Å². The van der Waals surface area contributed by atoms with Gasteiger partial charge < -0.3 is 0 Å². The number of hydrogen-bond donors (Lipinski definition) is 0. The maximum atomic E-state index is 11.9. The van der Waals surface area contributed by atoms with E-state index in [-0.39, 0.29) is 0 Å². The van der Waals surface area contributed by atoms with Crippen LogP contribution < -0.4 is 0 Å². The van der Waals surface area contributed by atoms with Gasteiger partial charge in [0.2, 0.25) is 11.6 Å². The molecule has 0 atom stereocenters. The van der Waals surface area contributed by atoms with Crippen LogP contribution in [-0.2, 0) is 0 Å². The maximum Gasteiger partial charge on any atom is 0.233 e. The molecule has 0 spiro atoms. The van der Waals surface area contributed by atoms with Crippen LogP contribution in [0.15, 0.2) is 54.6 Å². The Bertz CT molecular complexity index is 544. The Morgan fingerprint density at radius 3 is 1.71 bits per heavy atom. The van der Waals surface area contributed by atoms with Crippen LogP contribution in [-0.4, -0.2) is 11.6 Å². The first-order valence-electron chi connectivity index (χ1n) is 5.08. The molecule has 2 nitrogen and oxygen atoms in total. The standard InChI is InChI=1S/C14H9IO2/c15-12-8-6-11(7-9-12)14(17)13(16)10-4-2-1-3-5-10/h1-9H. The molecule has 0 aliphatic heterocycles. The molecule has 0 unspecified atom stereocenters. The van der Waals surface area contributed by atoms with Crippen molar-refractivity contribution in [1.29, 1.82) is 0 Å². The second-order valence-electron chi connectivity index (χ2n) is 3.53. The van der Waals surface area contributed by atoms with Crippen LogP contribution in [0.1, 0.15) is 20.7 Å². The first kappa shape index (κ1) is 12.0. The molecule has 0 heterocycles. The average Bonchev–Trinajstić information content (AvgIpc) is 2.39. The van der Waals surface area contributed by atoms with Gasteiger partial charge in [-0.15, -0.1) is 0 Å². The van der Waals surface area contributed by atoms with E-state index in [9.17, 15) is 9.59 Å². The molecule has 2 aromatic rings. The number of benzene rings is 2. The highest BCUT2D eigenvalue weighted by Gasteiger charge is 2.17. The van der Waals surface area contributed by atoms with Crippen LogP contribution in [0.5, 0.6) is 0 Å². The van der Waals surface area contributed by atoms with E-state index < -0.39 is 11.6 Å². The summed E-state index contributed by atoms with van der Waals surface area (Å²) in [4.78, 5) is 23.8. The summed E-state index contributed by atoms with van der Waals surface area (Å²) >= 11 is 2.15. The molecule has 2 aromatic carbocycles. The summed E-state index contributed by atoms with van der Waals surface area (Å²) in [7, 11) is 0. The molecule has 0 bridgehead atoms. The van der Waals surface area contributed by atoms with Gasteiger partial charge in [0, 0.05) is 14.7 Å². The van der Waals surface area contributed by atoms with Crippen LogP contribution in [0.25, 0.3) is 0 Å². The van der Waals surface area contributed by atoms with Gasteiger partial charge in [0.1, 0.15) is 0 Å². The summed E-state index contributed by atoms with van der Waals surface area (Å²) in [5, 5.41) is 0. The lowest BCUT2D eigenvalue weighted by Crippen LogP contribution is -2.14. The fraction of sp³-hybridized carbons (Fsp3) is 0. The minimum Gasteiger partial charge on any atom is -0.285 e. The number of Topliss-reactive ketones (excluding diaryl/α,β-unsaturated/α-hetero) is 2. The predicted octanol–water partition coefficient (Wildman–Crippen LogP) is 3.36. The number of halogens is 1. The number of hydrogen-bond acceptors (Lipinski definition) is 2. The van der Waals surface area contributed by atoms with E-state index in [2.05, 4.69) is 22.6 Å². The smallest absolute Gasteiger partial charge is 0.233 e. The molecule has 3 heteroatoms. The van der Waals surface area contributed by atoms with Gasteiger partial charge in [0.15, 0.2) is 0 Å². The molecule has 0 saturated carbocycles. The van der Waals surface area contributed by atoms with Crippen molar-refractivity contribution >= 4 is 34.2 Å². The quantitative estimate of drug-likeness (QED) is 0.489. The van der Waals surface area contributed by atoms with Crippen molar-refractivity contribution < 1.29 is 9.59 Å². The molecule has 0 aliphatic rings. The van der Waals surface area contributed by atoms with E-state index >= 15 is 0 Å². The molecule has 0 aromatic heterocycles. The molecule has 0 aliphatic carbocycles. The zero-order chi connectivity index (χ0) is 12.3. The maximum absolute atomic E-state index is 11.9. The van der Waals surface area contributed by atoms with E-state index in [1.165, 1.54) is 0 Å². The second-order valence-corrected chi connectivity index (χ2v) is 4.78. The first-order valence-corrected chi connectivity index (χ1v) is 6.16. The molecule has 0 N–H and O–H groups in total. The first-order chi connectivity index (χ1) is 8.18. The second kappa shape index (κ2) is 5.23. The molecule has 0 amide bonds. The van der Waals surface area contributed by atoms with Crippen molar-refractivity contribution in [3.63, 3.8) is 0 Å².